The summed E-state index contributed by atoms with van der Waals surface area (Å²) in [5.41, 5.74) is 11.8. The number of aryl methyl sites for hydroxylation is 5. The molecule has 0 saturated carbocycles. The molecule has 0 aliphatic rings. The number of hydrogen-bond donors (Lipinski definition) is 6. The summed E-state index contributed by atoms with van der Waals surface area (Å²) < 4.78 is 22.2. The van der Waals surface area contributed by atoms with Crippen molar-refractivity contribution in [2.45, 2.75) is 65.9 Å². The number of ether oxygens (including phenoxy) is 4. The highest BCUT2D eigenvalue weighted by Gasteiger charge is 2.26. The summed E-state index contributed by atoms with van der Waals surface area (Å²) in [6, 6.07) is 36.2. The fourth-order valence-corrected chi connectivity index (χ4v) is 8.98. The van der Waals surface area contributed by atoms with E-state index >= 15 is 0 Å². The van der Waals surface area contributed by atoms with E-state index in [1.54, 1.807) is 76.2 Å². The Kier molecular flexibility index (Phi) is 15.3. The minimum absolute atomic E-state index is 0.108. The molecule has 0 aliphatic heterocycles. The van der Waals surface area contributed by atoms with Crippen LogP contribution in [0.1, 0.15) is 101 Å². The maximum Gasteiger partial charge on any atom is 0.506 e. The molecule has 0 radical (unpaired) electrons. The number of carboxylic acids is 1. The van der Waals surface area contributed by atoms with Gasteiger partial charge in [0.2, 0.25) is 6.79 Å². The highest BCUT2D eigenvalue weighted by Crippen LogP contribution is 2.43. The quantitative estimate of drug-likeness (QED) is 0.0147. The fraction of sp³-hybridized carbons (Fsp3) is 0.211. The molecule has 7 aromatic carbocycles. The molecule has 7 rings (SSSR count). The van der Waals surface area contributed by atoms with E-state index in [1.807, 2.05) is 79.7 Å². The molecule has 13 heteroatoms. The molecule has 6 N–H and O–H groups in total. The largest absolute Gasteiger partial charge is 0.508 e. The highest BCUT2D eigenvalue weighted by molar-refractivity contribution is 5.69. The third-order valence-corrected chi connectivity index (χ3v) is 12.4. The van der Waals surface area contributed by atoms with E-state index in [2.05, 4.69) is 0 Å². The zero-order valence-electron chi connectivity index (χ0n) is 39.4. The van der Waals surface area contributed by atoms with Crippen LogP contribution in [0.3, 0.4) is 0 Å². The number of aromatic hydroxyl groups is 4. The first-order valence-electron chi connectivity index (χ1n) is 22.4. The lowest BCUT2D eigenvalue weighted by atomic mass is 9.81. The molecule has 360 valence electrons. The zero-order valence-corrected chi connectivity index (χ0v) is 39.4. The molecule has 7 aromatic rings. The number of carboxylic acid groups (broad SMARTS) is 2. The molecular formula is C57H54O13. The van der Waals surface area contributed by atoms with Gasteiger partial charge in [0.25, 0.3) is 6.47 Å². The number of rotatable bonds is 19. The second-order valence-electron chi connectivity index (χ2n) is 17.5. The zero-order chi connectivity index (χ0) is 50.2. The van der Waals surface area contributed by atoms with E-state index in [0.717, 1.165) is 50.1 Å². The van der Waals surface area contributed by atoms with Gasteiger partial charge in [-0.05, 0) is 156 Å². The molecular weight excluding hydrogens is 893 g/mol. The number of carbonyl (C=O) groups is 3. The SMILES string of the molecule is Cc1cc(Cc2ccc(OCOC=O)c(C(c3ccc(O)c(C)c3)c3ccc(O)c(C)c3)c2)c(COC(=O)O)c(Cc2ccc(OCC(=O)O)c(C(c3ccc(O)c(C)c3)c3ccc(O)c(C)c3)c2)c1. The van der Waals surface area contributed by atoms with Crippen LogP contribution in [0.15, 0.2) is 121 Å². The minimum atomic E-state index is -1.45. The predicted molar refractivity (Wildman–Crippen MR) is 262 cm³/mol. The lowest BCUT2D eigenvalue weighted by molar-refractivity contribution is -0.139. The third-order valence-electron chi connectivity index (χ3n) is 12.4. The molecule has 0 bridgehead atoms. The Morgan fingerprint density at radius 1 is 0.529 bits per heavy atom. The Morgan fingerprint density at radius 2 is 0.929 bits per heavy atom. The summed E-state index contributed by atoms with van der Waals surface area (Å²) in [7, 11) is 0. The number of hydrogen-bond acceptors (Lipinski definition) is 11. The van der Waals surface area contributed by atoms with Crippen LogP contribution in [0.4, 0.5) is 4.79 Å². The number of phenolic OH excluding ortho intramolecular Hbond substituents is 4. The Balaban J connectivity index is 1.36. The molecule has 13 nitrogen and oxygen atoms in total. The molecule has 0 amide bonds. The van der Waals surface area contributed by atoms with E-state index in [0.29, 0.717) is 69.8 Å². The van der Waals surface area contributed by atoms with Crippen LogP contribution in [0.2, 0.25) is 0 Å². The van der Waals surface area contributed by atoms with Crippen molar-refractivity contribution >= 4 is 18.6 Å². The summed E-state index contributed by atoms with van der Waals surface area (Å²) in [5.74, 6) is -1.01. The number of phenols is 4. The summed E-state index contributed by atoms with van der Waals surface area (Å²) in [6.07, 6.45) is -0.836. The Morgan fingerprint density at radius 3 is 1.29 bits per heavy atom. The second kappa shape index (κ2) is 21.7. The molecule has 0 aliphatic carbocycles. The van der Waals surface area contributed by atoms with Gasteiger partial charge in [-0.3, -0.25) is 4.79 Å². The van der Waals surface area contributed by atoms with Gasteiger partial charge < -0.3 is 49.6 Å². The molecule has 0 saturated heterocycles. The van der Waals surface area contributed by atoms with Crippen LogP contribution >= 0.6 is 0 Å². The maximum absolute atomic E-state index is 12.0. The van der Waals surface area contributed by atoms with Crippen molar-refractivity contribution in [3.8, 4) is 34.5 Å². The van der Waals surface area contributed by atoms with E-state index in [4.69, 9.17) is 18.9 Å². The minimum Gasteiger partial charge on any atom is -0.508 e. The molecule has 0 fully saturated rings. The Bertz CT molecular complexity index is 2980. The van der Waals surface area contributed by atoms with Gasteiger partial charge in [0.15, 0.2) is 6.61 Å². The number of carbonyl (C=O) groups excluding carboxylic acids is 1. The molecule has 0 spiro atoms. The van der Waals surface area contributed by atoms with Crippen molar-refractivity contribution < 1.29 is 64.0 Å². The topological polar surface area (TPSA) is 210 Å². The first-order valence-corrected chi connectivity index (χ1v) is 22.4. The second-order valence-corrected chi connectivity index (χ2v) is 17.5. The first-order chi connectivity index (χ1) is 33.5. The molecule has 0 unspecified atom stereocenters. The van der Waals surface area contributed by atoms with Crippen LogP contribution in [0.25, 0.3) is 0 Å². The van der Waals surface area contributed by atoms with Crippen LogP contribution in [-0.4, -0.2) is 62.6 Å². The van der Waals surface area contributed by atoms with Crippen molar-refractivity contribution in [1.82, 2.24) is 0 Å². The smallest absolute Gasteiger partial charge is 0.506 e. The van der Waals surface area contributed by atoms with Gasteiger partial charge in [0, 0.05) is 23.0 Å². The van der Waals surface area contributed by atoms with Gasteiger partial charge >= 0.3 is 12.1 Å². The summed E-state index contributed by atoms with van der Waals surface area (Å²) in [4.78, 5) is 35.1. The van der Waals surface area contributed by atoms with Crippen LogP contribution < -0.4 is 9.47 Å². The molecule has 0 heterocycles. The lowest BCUT2D eigenvalue weighted by Crippen LogP contribution is -2.13. The monoisotopic (exact) mass is 946 g/mol. The Labute approximate surface area is 405 Å². The number of benzene rings is 7. The Hall–Kier alpha value is -8.45. The van der Waals surface area contributed by atoms with Gasteiger partial charge in [-0.15, -0.1) is 0 Å². The molecule has 0 atom stereocenters. The van der Waals surface area contributed by atoms with Gasteiger partial charge in [-0.2, -0.15) is 0 Å². The van der Waals surface area contributed by atoms with E-state index in [1.165, 1.54) is 0 Å². The van der Waals surface area contributed by atoms with Crippen LogP contribution in [0, 0.1) is 34.6 Å². The van der Waals surface area contributed by atoms with E-state index < -0.39 is 30.6 Å². The van der Waals surface area contributed by atoms with Crippen molar-refractivity contribution in [3.05, 3.63) is 210 Å². The summed E-state index contributed by atoms with van der Waals surface area (Å²) in [5, 5.41) is 61.5. The van der Waals surface area contributed by atoms with Gasteiger partial charge in [-0.1, -0.05) is 90.5 Å². The van der Waals surface area contributed by atoms with Crippen molar-refractivity contribution in [1.29, 1.82) is 0 Å². The van der Waals surface area contributed by atoms with Crippen molar-refractivity contribution in [3.63, 3.8) is 0 Å². The highest BCUT2D eigenvalue weighted by atomic mass is 16.7. The average Bonchev–Trinajstić information content (AvgIpc) is 3.31. The van der Waals surface area contributed by atoms with Crippen molar-refractivity contribution in [2.75, 3.05) is 13.4 Å². The van der Waals surface area contributed by atoms with Gasteiger partial charge in [0.05, 0.1) is 0 Å². The average molecular weight is 947 g/mol. The van der Waals surface area contributed by atoms with Crippen LogP contribution in [0.5, 0.6) is 34.5 Å². The number of aliphatic carboxylic acids is 1. The third kappa shape index (κ3) is 11.6. The van der Waals surface area contributed by atoms with Crippen LogP contribution in [-0.2, 0) is 38.5 Å². The van der Waals surface area contributed by atoms with E-state index in [9.17, 15) is 45.0 Å². The fourth-order valence-electron chi connectivity index (χ4n) is 8.98. The predicted octanol–water partition coefficient (Wildman–Crippen LogP) is 10.8. The van der Waals surface area contributed by atoms with Gasteiger partial charge in [-0.25, -0.2) is 9.59 Å². The summed E-state index contributed by atoms with van der Waals surface area (Å²) >= 11 is 0. The normalized spacial score (nSPS) is 11.1. The van der Waals surface area contributed by atoms with E-state index in [-0.39, 0.29) is 36.4 Å². The van der Waals surface area contributed by atoms with Gasteiger partial charge in [0.1, 0.15) is 41.1 Å². The standard InChI is InChI=1S/C57H54O13/c1-32-18-43(24-37-6-16-52(68-29-54(63)64)45(26-37)55(39-8-12-48(59)33(2)20-39)40-9-13-49(60)34(3)21-40)47(28-69-57(65)66)44(19-32)25-38-7-17-53(70-31-67-30-58)46(27-38)56(41-10-14-50(61)35(4)22-41)42-11-15-51(62)36(5)23-42/h6-23,26-27,30,55-56,59-62H,24-25,28-29,31H2,1-5H3,(H,63,64)(H,65,66). The molecule has 0 aromatic heterocycles. The molecule has 70 heavy (non-hydrogen) atoms. The lowest BCUT2D eigenvalue weighted by Gasteiger charge is -2.24. The summed E-state index contributed by atoms with van der Waals surface area (Å²) in [6.45, 7) is 8.17. The van der Waals surface area contributed by atoms with Crippen molar-refractivity contribution in [2.24, 2.45) is 0 Å². The maximum atomic E-state index is 12.0. The first kappa shape index (κ1) is 49.5.